The quantitative estimate of drug-likeness (QED) is 0.773. The molecule has 1 N–H and O–H groups in total. The molecule has 0 aliphatic rings. The molecule has 0 unspecified atom stereocenters. The standard InChI is InChI=1S/C17H19Cl2N3O2S/c1-21(9-12-5-4-8-25-12)11-16(24)22(2)10-15(23)20-17-13(18)6-3-7-14(17)19/h3-8H,9-11H2,1-2H3,(H,20,23). The smallest absolute Gasteiger partial charge is 0.244 e. The molecule has 0 atom stereocenters. The van der Waals surface area contributed by atoms with Gasteiger partial charge in [0.25, 0.3) is 0 Å². The van der Waals surface area contributed by atoms with Crippen molar-refractivity contribution in [3.63, 3.8) is 0 Å². The van der Waals surface area contributed by atoms with E-state index in [0.717, 1.165) is 0 Å². The number of likely N-dealkylation sites (N-methyl/N-ethyl adjacent to an activating group) is 2. The summed E-state index contributed by atoms with van der Waals surface area (Å²) < 4.78 is 0. The first-order chi connectivity index (χ1) is 11.9. The molecule has 0 spiro atoms. The fraction of sp³-hybridized carbons (Fsp3) is 0.294. The third kappa shape index (κ3) is 6.01. The fourth-order valence-corrected chi connectivity index (χ4v) is 3.45. The number of halogens is 2. The van der Waals surface area contributed by atoms with Crippen LogP contribution in [-0.4, -0.2) is 48.8 Å². The summed E-state index contributed by atoms with van der Waals surface area (Å²) in [6, 6.07) is 8.97. The second-order valence-electron chi connectivity index (χ2n) is 5.65. The van der Waals surface area contributed by atoms with Crippen molar-refractivity contribution in [3.8, 4) is 0 Å². The van der Waals surface area contributed by atoms with Crippen LogP contribution in [0.2, 0.25) is 10.0 Å². The summed E-state index contributed by atoms with van der Waals surface area (Å²) in [6.45, 7) is 0.848. The largest absolute Gasteiger partial charge is 0.335 e. The molecule has 2 rings (SSSR count). The first-order valence-corrected chi connectivity index (χ1v) is 9.19. The highest BCUT2D eigenvalue weighted by atomic mass is 35.5. The molecule has 0 aliphatic carbocycles. The SMILES string of the molecule is CN(CC(=O)N(C)CC(=O)Nc1c(Cl)cccc1Cl)Cc1cccs1. The minimum absolute atomic E-state index is 0.0762. The van der Waals surface area contributed by atoms with Crippen molar-refractivity contribution in [3.05, 3.63) is 50.6 Å². The van der Waals surface area contributed by atoms with E-state index in [2.05, 4.69) is 5.32 Å². The van der Waals surface area contributed by atoms with E-state index in [1.165, 1.54) is 9.78 Å². The van der Waals surface area contributed by atoms with E-state index < -0.39 is 0 Å². The highest BCUT2D eigenvalue weighted by Crippen LogP contribution is 2.29. The number of benzene rings is 1. The predicted octanol–water partition coefficient (Wildman–Crippen LogP) is 3.58. The molecule has 0 aliphatic heterocycles. The molecule has 0 saturated heterocycles. The van der Waals surface area contributed by atoms with Crippen LogP contribution in [0.15, 0.2) is 35.7 Å². The van der Waals surface area contributed by atoms with Crippen LogP contribution in [0, 0.1) is 0 Å². The van der Waals surface area contributed by atoms with Gasteiger partial charge in [-0.25, -0.2) is 0 Å². The second-order valence-corrected chi connectivity index (χ2v) is 7.49. The molecule has 134 valence electrons. The normalized spacial score (nSPS) is 10.8. The number of amides is 2. The predicted molar refractivity (Wildman–Crippen MR) is 103 cm³/mol. The van der Waals surface area contributed by atoms with Gasteiger partial charge in [-0.05, 0) is 30.6 Å². The van der Waals surface area contributed by atoms with Crippen LogP contribution in [0.5, 0.6) is 0 Å². The topological polar surface area (TPSA) is 52.7 Å². The van der Waals surface area contributed by atoms with Crippen LogP contribution in [0.1, 0.15) is 4.88 Å². The maximum Gasteiger partial charge on any atom is 0.244 e. The minimum atomic E-state index is -0.355. The number of carbonyl (C=O) groups is 2. The van der Waals surface area contributed by atoms with E-state index in [1.54, 1.807) is 36.6 Å². The lowest BCUT2D eigenvalue weighted by molar-refractivity contribution is -0.134. The Kier molecular flexibility index (Phi) is 7.25. The summed E-state index contributed by atoms with van der Waals surface area (Å²) in [7, 11) is 3.46. The van der Waals surface area contributed by atoms with Crippen LogP contribution in [0.25, 0.3) is 0 Å². The zero-order valence-corrected chi connectivity index (χ0v) is 16.3. The average molecular weight is 400 g/mol. The molecule has 1 aromatic carbocycles. The van der Waals surface area contributed by atoms with Gasteiger partial charge in [-0.2, -0.15) is 0 Å². The van der Waals surface area contributed by atoms with E-state index in [0.29, 0.717) is 22.3 Å². The lowest BCUT2D eigenvalue weighted by atomic mass is 10.3. The van der Waals surface area contributed by atoms with Gasteiger partial charge < -0.3 is 10.2 Å². The highest BCUT2D eigenvalue weighted by molar-refractivity contribution is 7.09. The molecule has 5 nitrogen and oxygen atoms in total. The van der Waals surface area contributed by atoms with Gasteiger partial charge in [0.1, 0.15) is 0 Å². The maximum absolute atomic E-state index is 12.3. The summed E-state index contributed by atoms with van der Waals surface area (Å²) in [5, 5.41) is 5.35. The Morgan fingerprint density at radius 1 is 1.08 bits per heavy atom. The van der Waals surface area contributed by atoms with E-state index in [-0.39, 0.29) is 24.9 Å². The zero-order chi connectivity index (χ0) is 18.4. The van der Waals surface area contributed by atoms with Crippen molar-refractivity contribution in [1.82, 2.24) is 9.80 Å². The molecule has 0 radical (unpaired) electrons. The molecule has 0 fully saturated rings. The van der Waals surface area contributed by atoms with Crippen molar-refractivity contribution < 1.29 is 9.59 Å². The number of hydrogen-bond acceptors (Lipinski definition) is 4. The van der Waals surface area contributed by atoms with Crippen LogP contribution >= 0.6 is 34.5 Å². The van der Waals surface area contributed by atoms with Gasteiger partial charge in [-0.1, -0.05) is 35.3 Å². The average Bonchev–Trinajstić information content (AvgIpc) is 3.03. The highest BCUT2D eigenvalue weighted by Gasteiger charge is 2.17. The number of hydrogen-bond donors (Lipinski definition) is 1. The van der Waals surface area contributed by atoms with Crippen LogP contribution in [0.4, 0.5) is 5.69 Å². The summed E-state index contributed by atoms with van der Waals surface area (Å²) in [5.41, 5.74) is 0.353. The molecular formula is C17H19Cl2N3O2S. The Labute approximate surface area is 161 Å². The minimum Gasteiger partial charge on any atom is -0.335 e. The van der Waals surface area contributed by atoms with Crippen molar-refractivity contribution in [2.45, 2.75) is 6.54 Å². The van der Waals surface area contributed by atoms with Crippen molar-refractivity contribution >= 4 is 52.0 Å². The second kappa shape index (κ2) is 9.20. The lowest BCUT2D eigenvalue weighted by Gasteiger charge is -2.21. The number of carbonyl (C=O) groups excluding carboxylic acids is 2. The summed E-state index contributed by atoms with van der Waals surface area (Å²) in [4.78, 5) is 28.9. The Balaban J connectivity index is 1.84. The van der Waals surface area contributed by atoms with Crippen LogP contribution in [0.3, 0.4) is 0 Å². The van der Waals surface area contributed by atoms with Gasteiger partial charge in [0.15, 0.2) is 0 Å². The number of nitrogens with zero attached hydrogens (tertiary/aromatic N) is 2. The number of anilines is 1. The molecule has 0 saturated carbocycles. The van der Waals surface area contributed by atoms with Gasteiger partial charge >= 0.3 is 0 Å². The van der Waals surface area contributed by atoms with Gasteiger partial charge in [-0.3, -0.25) is 14.5 Å². The molecule has 1 heterocycles. The zero-order valence-electron chi connectivity index (χ0n) is 14.0. The summed E-state index contributed by atoms with van der Waals surface area (Å²) >= 11 is 13.7. The molecule has 0 bridgehead atoms. The van der Waals surface area contributed by atoms with Crippen LogP contribution < -0.4 is 5.32 Å². The monoisotopic (exact) mass is 399 g/mol. The van der Waals surface area contributed by atoms with E-state index in [9.17, 15) is 9.59 Å². The molecular weight excluding hydrogens is 381 g/mol. The molecule has 25 heavy (non-hydrogen) atoms. The number of thiophene rings is 1. The molecule has 2 amide bonds. The number of para-hydroxylation sites is 1. The molecule has 2 aromatic rings. The Bertz CT molecular complexity index is 717. The van der Waals surface area contributed by atoms with E-state index in [4.69, 9.17) is 23.2 Å². The Morgan fingerprint density at radius 2 is 1.76 bits per heavy atom. The Hall–Kier alpha value is -1.60. The van der Waals surface area contributed by atoms with Gasteiger partial charge in [0, 0.05) is 18.5 Å². The summed E-state index contributed by atoms with van der Waals surface area (Å²) in [6.07, 6.45) is 0. The third-order valence-electron chi connectivity index (χ3n) is 3.44. The molecule has 8 heteroatoms. The van der Waals surface area contributed by atoms with Gasteiger partial charge in [-0.15, -0.1) is 11.3 Å². The first kappa shape index (κ1) is 19.7. The lowest BCUT2D eigenvalue weighted by Crippen LogP contribution is -2.40. The fourth-order valence-electron chi connectivity index (χ4n) is 2.18. The van der Waals surface area contributed by atoms with Crippen molar-refractivity contribution in [2.24, 2.45) is 0 Å². The van der Waals surface area contributed by atoms with E-state index in [1.807, 2.05) is 29.5 Å². The summed E-state index contributed by atoms with van der Waals surface area (Å²) in [5.74, 6) is -0.494. The Morgan fingerprint density at radius 3 is 2.36 bits per heavy atom. The van der Waals surface area contributed by atoms with Gasteiger partial charge in [0.2, 0.25) is 11.8 Å². The third-order valence-corrected chi connectivity index (χ3v) is 4.94. The van der Waals surface area contributed by atoms with Crippen molar-refractivity contribution in [1.29, 1.82) is 0 Å². The molecule has 1 aromatic heterocycles. The number of rotatable bonds is 7. The maximum atomic E-state index is 12.3. The number of nitrogens with one attached hydrogen (secondary N) is 1. The van der Waals surface area contributed by atoms with E-state index >= 15 is 0 Å². The first-order valence-electron chi connectivity index (χ1n) is 7.55. The van der Waals surface area contributed by atoms with Crippen molar-refractivity contribution in [2.75, 3.05) is 32.5 Å². The van der Waals surface area contributed by atoms with Gasteiger partial charge in [0.05, 0.1) is 28.8 Å². The van der Waals surface area contributed by atoms with Crippen LogP contribution in [-0.2, 0) is 16.1 Å².